The summed E-state index contributed by atoms with van der Waals surface area (Å²) in [7, 11) is 0. The molecule has 8 rings (SSSR count). The number of nitrogens with zero attached hydrogens (tertiary/aromatic N) is 1. The standard InChI is InChI=1S/C57H71NS2/c1-37(2)15-13-17-39(5)23-25-42-27-31-44(32-28-42)48-35-51-54-53-50(59-56(41(7)52(48)53)46-19-11-12-20-46)36-49(55(54)58-57(60-51)47-21-9-8-10-22-47)45-33-29-43(30-34-45)26-24-40(6)18-14-16-38(3)4/h8-9,11-12,19-21,27,29-31,33-35,37-40,46,50H,10,13-18,22-26,28,32,36H2,1-7H3. The van der Waals surface area contributed by atoms with Gasteiger partial charge in [0.2, 0.25) is 0 Å². The molecule has 316 valence electrons. The van der Waals surface area contributed by atoms with Gasteiger partial charge in [0, 0.05) is 21.6 Å². The van der Waals surface area contributed by atoms with Crippen LogP contribution in [0.4, 0.5) is 0 Å². The van der Waals surface area contributed by atoms with E-state index in [1.807, 2.05) is 11.8 Å². The number of benzene rings is 2. The third-order valence-electron chi connectivity index (χ3n) is 14.1. The number of allylic oxidation sites excluding steroid dienone is 14. The Hall–Kier alpha value is -3.27. The van der Waals surface area contributed by atoms with E-state index in [-0.39, 0.29) is 0 Å². The van der Waals surface area contributed by atoms with Crippen LogP contribution in [0.25, 0.3) is 22.4 Å². The summed E-state index contributed by atoms with van der Waals surface area (Å²) in [6, 6.07) is 12.3. The molecule has 1 nitrogen and oxygen atoms in total. The average Bonchev–Trinajstić information content (AvgIpc) is 3.80. The highest BCUT2D eigenvalue weighted by Crippen LogP contribution is 2.62. The van der Waals surface area contributed by atoms with Crippen molar-refractivity contribution in [3.8, 4) is 0 Å². The van der Waals surface area contributed by atoms with Crippen molar-refractivity contribution in [2.45, 2.75) is 155 Å². The third kappa shape index (κ3) is 9.99. The van der Waals surface area contributed by atoms with Crippen molar-refractivity contribution in [1.82, 2.24) is 0 Å². The van der Waals surface area contributed by atoms with Crippen LogP contribution < -0.4 is 0 Å². The summed E-state index contributed by atoms with van der Waals surface area (Å²) in [5.74, 6) is 3.55. The van der Waals surface area contributed by atoms with Crippen LogP contribution in [0.2, 0.25) is 0 Å². The van der Waals surface area contributed by atoms with Crippen molar-refractivity contribution >= 4 is 51.0 Å². The highest BCUT2D eigenvalue weighted by molar-refractivity contribution is 8.14. The molecule has 0 bridgehead atoms. The highest BCUT2D eigenvalue weighted by atomic mass is 32.2. The van der Waals surface area contributed by atoms with E-state index in [2.05, 4.69) is 145 Å². The normalized spacial score (nSPS) is 20.8. The predicted octanol–water partition coefficient (Wildman–Crippen LogP) is 17.7. The van der Waals surface area contributed by atoms with Crippen molar-refractivity contribution in [3.63, 3.8) is 0 Å². The fraction of sp³-hybridized carbons (Fsp3) is 0.491. The van der Waals surface area contributed by atoms with Crippen LogP contribution >= 0.6 is 23.5 Å². The van der Waals surface area contributed by atoms with Crippen molar-refractivity contribution in [2.75, 3.05) is 0 Å². The van der Waals surface area contributed by atoms with Gasteiger partial charge in [0.05, 0.1) is 5.70 Å². The van der Waals surface area contributed by atoms with Gasteiger partial charge in [-0.25, -0.2) is 4.99 Å². The van der Waals surface area contributed by atoms with Gasteiger partial charge in [-0.1, -0.05) is 176 Å². The lowest BCUT2D eigenvalue weighted by atomic mass is 9.77. The first-order valence-electron chi connectivity index (χ1n) is 23.9. The van der Waals surface area contributed by atoms with Gasteiger partial charge in [-0.3, -0.25) is 0 Å². The van der Waals surface area contributed by atoms with Gasteiger partial charge in [-0.05, 0) is 149 Å². The van der Waals surface area contributed by atoms with Crippen molar-refractivity contribution in [2.24, 2.45) is 34.6 Å². The molecule has 0 spiro atoms. The van der Waals surface area contributed by atoms with E-state index >= 15 is 0 Å². The average molecular weight is 834 g/mol. The van der Waals surface area contributed by atoms with Gasteiger partial charge in [-0.2, -0.15) is 0 Å². The molecule has 0 saturated carbocycles. The molecular formula is C57H71NS2. The summed E-state index contributed by atoms with van der Waals surface area (Å²) in [4.78, 5) is 8.66. The summed E-state index contributed by atoms with van der Waals surface area (Å²) in [5, 5.41) is 1.56. The summed E-state index contributed by atoms with van der Waals surface area (Å²) in [5.41, 5.74) is 17.5. The zero-order chi connectivity index (χ0) is 41.8. The Bertz CT molecular complexity index is 2180. The second-order valence-corrected chi connectivity index (χ2v) is 22.1. The quantitative estimate of drug-likeness (QED) is 0.148. The molecule has 3 atom stereocenters. The van der Waals surface area contributed by atoms with Crippen LogP contribution in [-0.4, -0.2) is 5.04 Å². The lowest BCUT2D eigenvalue weighted by Crippen LogP contribution is -2.21. The number of thioether (sulfide) groups is 2. The molecule has 3 heteroatoms. The fourth-order valence-electron chi connectivity index (χ4n) is 10.3. The van der Waals surface area contributed by atoms with Gasteiger partial charge < -0.3 is 0 Å². The Morgan fingerprint density at radius 2 is 1.43 bits per heavy atom. The zero-order valence-electron chi connectivity index (χ0n) is 37.9. The van der Waals surface area contributed by atoms with E-state index < -0.39 is 0 Å². The summed E-state index contributed by atoms with van der Waals surface area (Å²) < 4.78 is 0. The van der Waals surface area contributed by atoms with E-state index in [9.17, 15) is 0 Å². The zero-order valence-corrected chi connectivity index (χ0v) is 39.6. The summed E-state index contributed by atoms with van der Waals surface area (Å²) >= 11 is 4.09. The summed E-state index contributed by atoms with van der Waals surface area (Å²) in [6.45, 7) is 16.8. The molecule has 2 heterocycles. The fourth-order valence-corrected chi connectivity index (χ4v) is 12.9. The Labute approximate surface area is 373 Å². The third-order valence-corrected chi connectivity index (χ3v) is 16.7. The van der Waals surface area contributed by atoms with Crippen molar-refractivity contribution in [1.29, 1.82) is 0 Å². The van der Waals surface area contributed by atoms with Gasteiger partial charge in [0.15, 0.2) is 0 Å². The number of hydrogen-bond donors (Lipinski definition) is 0. The minimum atomic E-state index is 0.354. The molecule has 2 aromatic rings. The van der Waals surface area contributed by atoms with Gasteiger partial charge in [0.25, 0.3) is 0 Å². The highest BCUT2D eigenvalue weighted by Gasteiger charge is 2.41. The number of aliphatic imine (C=N–C) groups is 1. The SMILES string of the molecule is CC1=C(C2C=CC=C2)SC2CC(c3ccc(CCC(C)CCCC(C)C)cc3)=C3N=C(C4=CC=CCC4)Sc4cc(C5=CC=C(CCC(C)CCCC(C)C)CC5)c1c2c43. The van der Waals surface area contributed by atoms with Crippen LogP contribution in [0.1, 0.15) is 177 Å². The van der Waals surface area contributed by atoms with Crippen LogP contribution in [0.3, 0.4) is 0 Å². The number of aryl methyl sites for hydroxylation is 1. The Balaban J connectivity index is 1.16. The van der Waals surface area contributed by atoms with Gasteiger partial charge in [0.1, 0.15) is 5.04 Å². The number of hydrogen-bond acceptors (Lipinski definition) is 3. The lowest BCUT2D eigenvalue weighted by molar-refractivity contribution is 0.435. The summed E-state index contributed by atoms with van der Waals surface area (Å²) in [6.07, 6.45) is 39.8. The molecule has 0 N–H and O–H groups in total. The maximum absolute atomic E-state index is 5.71. The molecule has 3 unspecified atom stereocenters. The molecular weight excluding hydrogens is 763 g/mol. The Morgan fingerprint density at radius 1 is 0.717 bits per heavy atom. The predicted molar refractivity (Wildman–Crippen MR) is 267 cm³/mol. The molecule has 0 amide bonds. The first-order chi connectivity index (χ1) is 29.1. The maximum atomic E-state index is 5.71. The van der Waals surface area contributed by atoms with E-state index in [1.165, 1.54) is 135 Å². The van der Waals surface area contributed by atoms with Crippen LogP contribution in [0, 0.1) is 29.6 Å². The number of rotatable bonds is 18. The topological polar surface area (TPSA) is 12.4 Å². The molecule has 2 aliphatic heterocycles. The molecule has 0 aromatic heterocycles. The van der Waals surface area contributed by atoms with Crippen LogP contribution in [0.5, 0.6) is 0 Å². The molecule has 4 aliphatic carbocycles. The van der Waals surface area contributed by atoms with Crippen LogP contribution in [0.15, 0.2) is 111 Å². The molecule has 60 heavy (non-hydrogen) atoms. The molecule has 2 aromatic carbocycles. The second kappa shape index (κ2) is 19.8. The van der Waals surface area contributed by atoms with Gasteiger partial charge >= 0.3 is 0 Å². The minimum absolute atomic E-state index is 0.354. The minimum Gasteiger partial charge on any atom is -0.240 e. The second-order valence-electron chi connectivity index (χ2n) is 19.8. The molecule has 0 fully saturated rings. The van der Waals surface area contributed by atoms with E-state index in [0.717, 1.165) is 55.8 Å². The Kier molecular flexibility index (Phi) is 14.3. The van der Waals surface area contributed by atoms with Crippen LogP contribution in [-0.2, 0) is 6.42 Å². The molecule has 6 aliphatic rings. The van der Waals surface area contributed by atoms with Gasteiger partial charge in [-0.15, -0.1) is 11.8 Å². The van der Waals surface area contributed by atoms with E-state index in [4.69, 9.17) is 4.99 Å². The maximum Gasteiger partial charge on any atom is 0.105 e. The smallest absolute Gasteiger partial charge is 0.105 e. The lowest BCUT2D eigenvalue weighted by Gasteiger charge is -2.40. The van der Waals surface area contributed by atoms with Crippen molar-refractivity contribution in [3.05, 3.63) is 134 Å². The van der Waals surface area contributed by atoms with E-state index in [1.54, 1.807) is 11.1 Å². The first-order valence-corrected chi connectivity index (χ1v) is 25.6. The largest absolute Gasteiger partial charge is 0.240 e. The van der Waals surface area contributed by atoms with Crippen molar-refractivity contribution < 1.29 is 0 Å². The molecule has 0 saturated heterocycles. The monoisotopic (exact) mass is 834 g/mol. The first kappa shape index (κ1) is 43.4. The Morgan fingerprint density at radius 3 is 2.08 bits per heavy atom. The molecule has 0 radical (unpaired) electrons. The van der Waals surface area contributed by atoms with E-state index in [0.29, 0.717) is 11.2 Å².